The van der Waals surface area contributed by atoms with Crippen LogP contribution >= 0.6 is 0 Å². The van der Waals surface area contributed by atoms with E-state index in [9.17, 15) is 19.2 Å². The maximum absolute atomic E-state index is 12.8. The predicted octanol–water partition coefficient (Wildman–Crippen LogP) is 9.00. The molecule has 0 aliphatic heterocycles. The van der Waals surface area contributed by atoms with Gasteiger partial charge in [0.2, 0.25) is 0 Å². The molecular weight excluding hydrogens is 484 g/mol. The van der Waals surface area contributed by atoms with Gasteiger partial charge in [-0.1, -0.05) is 78.4 Å². The van der Waals surface area contributed by atoms with Crippen molar-refractivity contribution in [2.45, 2.75) is 139 Å². The van der Waals surface area contributed by atoms with Gasteiger partial charge >= 0.3 is 0 Å². The molecule has 0 spiro atoms. The molecule has 220 valence electrons. The zero-order chi connectivity index (χ0) is 29.5. The van der Waals surface area contributed by atoms with E-state index in [0.717, 1.165) is 56.1 Å². The minimum Gasteiger partial charge on any atom is -0.300 e. The fourth-order valence-corrected chi connectivity index (χ4v) is 6.40. The molecule has 4 nitrogen and oxygen atoms in total. The van der Waals surface area contributed by atoms with Gasteiger partial charge in [-0.15, -0.1) is 0 Å². The molecule has 0 saturated heterocycles. The van der Waals surface area contributed by atoms with Crippen LogP contribution in [0.4, 0.5) is 0 Å². The summed E-state index contributed by atoms with van der Waals surface area (Å²) in [6.07, 6.45) is 12.6. The van der Waals surface area contributed by atoms with Crippen LogP contribution in [0.5, 0.6) is 0 Å². The minimum atomic E-state index is -0.0658. The van der Waals surface area contributed by atoms with E-state index in [1.54, 1.807) is 6.92 Å². The molecule has 4 heteroatoms. The quantitative estimate of drug-likeness (QED) is 0.278. The number of carbonyl (C=O) groups is 4. The van der Waals surface area contributed by atoms with Crippen molar-refractivity contribution >= 4 is 23.1 Å². The van der Waals surface area contributed by atoms with E-state index in [2.05, 4.69) is 33.8 Å². The van der Waals surface area contributed by atoms with Gasteiger partial charge in [0.25, 0.3) is 0 Å². The molecular formula is C35H56O4. The number of rotatable bonds is 10. The van der Waals surface area contributed by atoms with Crippen LogP contribution in [0.3, 0.4) is 0 Å². The molecule has 3 unspecified atom stereocenters. The molecule has 1 aromatic rings. The number of Topliss-reactive ketones (excluding diaryl/α,β-unsaturated/α-hetero) is 4. The molecule has 3 atom stereocenters. The number of hydrogen-bond acceptors (Lipinski definition) is 4. The number of hydrogen-bond donors (Lipinski definition) is 0. The minimum absolute atomic E-state index is 0.0451. The predicted molar refractivity (Wildman–Crippen MR) is 162 cm³/mol. The highest BCUT2D eigenvalue weighted by molar-refractivity contribution is 6.00. The van der Waals surface area contributed by atoms with Crippen LogP contribution in [-0.4, -0.2) is 23.1 Å². The van der Waals surface area contributed by atoms with E-state index in [-0.39, 0.29) is 35.6 Å². The Morgan fingerprint density at radius 1 is 0.897 bits per heavy atom. The van der Waals surface area contributed by atoms with Crippen molar-refractivity contribution in [3.63, 3.8) is 0 Å². The monoisotopic (exact) mass is 540 g/mol. The average Bonchev–Trinajstić information content (AvgIpc) is 2.87. The van der Waals surface area contributed by atoms with Crippen LogP contribution in [0, 0.1) is 37.5 Å². The topological polar surface area (TPSA) is 68.3 Å². The SMILES string of the molecule is CC(=O)C1CCCCC1.CCC.CCCC(CC1CC(=O)c2c(C)ccc(C)c2C1)C(CC)C(=O)CC(C)=O. The zero-order valence-electron chi connectivity index (χ0n) is 26.3. The van der Waals surface area contributed by atoms with Crippen LogP contribution < -0.4 is 0 Å². The molecule has 0 N–H and O–H groups in total. The first-order valence-corrected chi connectivity index (χ1v) is 15.6. The highest BCUT2D eigenvalue weighted by atomic mass is 16.1. The lowest BCUT2D eigenvalue weighted by Crippen LogP contribution is -2.30. The van der Waals surface area contributed by atoms with Crippen LogP contribution in [0.25, 0.3) is 0 Å². The van der Waals surface area contributed by atoms with Gasteiger partial charge in [-0.05, 0) is 88.3 Å². The van der Waals surface area contributed by atoms with E-state index in [1.807, 2.05) is 19.9 Å². The Hall–Kier alpha value is -2.10. The summed E-state index contributed by atoms with van der Waals surface area (Å²) in [4.78, 5) is 47.7. The Bertz CT molecular complexity index is 938. The maximum atomic E-state index is 12.8. The summed E-state index contributed by atoms with van der Waals surface area (Å²) in [6, 6.07) is 4.15. The molecule has 3 rings (SSSR count). The Kier molecular flexibility index (Phi) is 16.4. The molecule has 2 aliphatic carbocycles. The lowest BCUT2D eigenvalue weighted by atomic mass is 9.71. The molecule has 0 bridgehead atoms. The lowest BCUT2D eigenvalue weighted by Gasteiger charge is -2.32. The molecule has 1 aromatic carbocycles. The van der Waals surface area contributed by atoms with E-state index in [1.165, 1.54) is 43.7 Å². The van der Waals surface area contributed by atoms with Crippen molar-refractivity contribution in [3.8, 4) is 0 Å². The zero-order valence-corrected chi connectivity index (χ0v) is 26.3. The number of fused-ring (bicyclic) bond motifs is 1. The van der Waals surface area contributed by atoms with Gasteiger partial charge < -0.3 is 0 Å². The summed E-state index contributed by atoms with van der Waals surface area (Å²) >= 11 is 0. The number of carbonyl (C=O) groups excluding carboxylic acids is 4. The molecule has 0 radical (unpaired) electrons. The van der Waals surface area contributed by atoms with E-state index in [4.69, 9.17) is 0 Å². The fourth-order valence-electron chi connectivity index (χ4n) is 6.40. The standard InChI is InChI=1S/C24H34O3.C8H14O.C3H8/c1-6-8-19(20(7-2)22(26)11-17(5)25)12-18-13-21-15(3)9-10-16(4)24(21)23(27)14-18;1-7(9)8-5-3-2-4-6-8;1-3-2/h9-10,18-20H,6-8,11-14H2,1-5H3;8H,2-6H2,1H3;3H2,1-2H3. The van der Waals surface area contributed by atoms with Crippen molar-refractivity contribution in [2.24, 2.45) is 23.7 Å². The Morgan fingerprint density at radius 2 is 1.49 bits per heavy atom. The van der Waals surface area contributed by atoms with Gasteiger partial charge in [0.1, 0.15) is 17.3 Å². The Morgan fingerprint density at radius 3 is 1.97 bits per heavy atom. The number of ketones is 4. The molecule has 0 heterocycles. The van der Waals surface area contributed by atoms with Gasteiger partial charge in [0, 0.05) is 23.8 Å². The van der Waals surface area contributed by atoms with Crippen LogP contribution in [0.2, 0.25) is 0 Å². The molecule has 2 aliphatic rings. The van der Waals surface area contributed by atoms with Gasteiger partial charge in [-0.2, -0.15) is 0 Å². The summed E-state index contributed by atoms with van der Waals surface area (Å²) in [5.74, 6) is 1.58. The number of aryl methyl sites for hydroxylation is 2. The second-order valence-electron chi connectivity index (χ2n) is 12.0. The lowest BCUT2D eigenvalue weighted by molar-refractivity contribution is -0.130. The smallest absolute Gasteiger partial charge is 0.163 e. The van der Waals surface area contributed by atoms with Crippen LogP contribution in [0.1, 0.15) is 146 Å². The third-order valence-electron chi connectivity index (χ3n) is 8.32. The summed E-state index contributed by atoms with van der Waals surface area (Å²) in [6.45, 7) is 15.7. The molecule has 0 aromatic heterocycles. The highest BCUT2D eigenvalue weighted by Crippen LogP contribution is 2.37. The van der Waals surface area contributed by atoms with Gasteiger partial charge in [-0.3, -0.25) is 19.2 Å². The summed E-state index contributed by atoms with van der Waals surface area (Å²) in [5.41, 5.74) is 4.40. The van der Waals surface area contributed by atoms with Gasteiger partial charge in [-0.25, -0.2) is 0 Å². The largest absolute Gasteiger partial charge is 0.300 e. The first-order valence-electron chi connectivity index (χ1n) is 15.6. The van der Waals surface area contributed by atoms with E-state index < -0.39 is 0 Å². The van der Waals surface area contributed by atoms with E-state index >= 15 is 0 Å². The van der Waals surface area contributed by atoms with Crippen molar-refractivity contribution < 1.29 is 19.2 Å². The summed E-state index contributed by atoms with van der Waals surface area (Å²) in [7, 11) is 0. The van der Waals surface area contributed by atoms with Gasteiger partial charge in [0.15, 0.2) is 5.78 Å². The second-order valence-corrected chi connectivity index (χ2v) is 12.0. The third-order valence-corrected chi connectivity index (χ3v) is 8.32. The summed E-state index contributed by atoms with van der Waals surface area (Å²) in [5, 5.41) is 0. The van der Waals surface area contributed by atoms with Crippen LogP contribution in [0.15, 0.2) is 12.1 Å². The number of benzene rings is 1. The first-order chi connectivity index (χ1) is 18.5. The Balaban J connectivity index is 0.000000524. The van der Waals surface area contributed by atoms with Crippen molar-refractivity contribution in [1.82, 2.24) is 0 Å². The highest BCUT2D eigenvalue weighted by Gasteiger charge is 2.33. The normalized spacial score (nSPS) is 18.5. The molecule has 39 heavy (non-hydrogen) atoms. The van der Waals surface area contributed by atoms with Crippen molar-refractivity contribution in [3.05, 3.63) is 34.4 Å². The van der Waals surface area contributed by atoms with E-state index in [0.29, 0.717) is 24.0 Å². The third kappa shape index (κ3) is 11.5. The van der Waals surface area contributed by atoms with Crippen molar-refractivity contribution in [2.75, 3.05) is 0 Å². The fraction of sp³-hybridized carbons (Fsp3) is 0.714. The summed E-state index contributed by atoms with van der Waals surface area (Å²) < 4.78 is 0. The maximum Gasteiger partial charge on any atom is 0.163 e. The second kappa shape index (κ2) is 18.3. The van der Waals surface area contributed by atoms with Crippen LogP contribution in [-0.2, 0) is 20.8 Å². The molecule has 1 saturated carbocycles. The van der Waals surface area contributed by atoms with Crippen molar-refractivity contribution in [1.29, 1.82) is 0 Å². The average molecular weight is 541 g/mol. The first kappa shape index (κ1) is 34.9. The Labute approximate surface area is 239 Å². The van der Waals surface area contributed by atoms with Gasteiger partial charge in [0.05, 0.1) is 6.42 Å². The molecule has 1 fully saturated rings. The molecule has 0 amide bonds.